The SMILES string of the molecule is O=[N+]([O-])c1c(NCCNC2CC2)ccc2scnc12. The molecule has 1 heterocycles. The van der Waals surface area contributed by atoms with Crippen LogP contribution in [0, 0.1) is 10.1 Å². The molecule has 1 aromatic heterocycles. The van der Waals surface area contributed by atoms with E-state index in [2.05, 4.69) is 15.6 Å². The maximum absolute atomic E-state index is 11.2. The number of nitro groups is 1. The normalized spacial score (nSPS) is 14.7. The summed E-state index contributed by atoms with van der Waals surface area (Å²) in [4.78, 5) is 14.9. The standard InChI is InChI=1S/C12H14N4O2S/c17-16(18)12-9(14-6-5-13-8-1-2-8)3-4-10-11(12)15-7-19-10/h3-4,7-8,13-14H,1-2,5-6H2. The van der Waals surface area contributed by atoms with Crippen LogP contribution in [-0.2, 0) is 0 Å². The van der Waals surface area contributed by atoms with E-state index in [4.69, 9.17) is 0 Å². The molecule has 0 atom stereocenters. The largest absolute Gasteiger partial charge is 0.378 e. The molecule has 0 aliphatic heterocycles. The number of hydrogen-bond acceptors (Lipinski definition) is 6. The van der Waals surface area contributed by atoms with Crippen LogP contribution in [0.1, 0.15) is 12.8 Å². The van der Waals surface area contributed by atoms with Crippen molar-refractivity contribution >= 4 is 32.9 Å². The highest BCUT2D eigenvalue weighted by molar-refractivity contribution is 7.16. The average Bonchev–Trinajstić information content (AvgIpc) is 3.09. The molecular formula is C12H14N4O2S. The second-order valence-corrected chi connectivity index (χ2v) is 5.46. The third kappa shape index (κ3) is 2.66. The molecule has 1 aliphatic carbocycles. The lowest BCUT2D eigenvalue weighted by molar-refractivity contribution is -0.382. The van der Waals surface area contributed by atoms with Crippen molar-refractivity contribution in [1.82, 2.24) is 10.3 Å². The van der Waals surface area contributed by atoms with Crippen molar-refractivity contribution in [2.75, 3.05) is 18.4 Å². The van der Waals surface area contributed by atoms with Gasteiger partial charge in [-0.25, -0.2) is 4.98 Å². The molecule has 1 fully saturated rings. The number of aromatic nitrogens is 1. The fourth-order valence-corrected chi connectivity index (χ4v) is 2.68. The first-order valence-corrected chi connectivity index (χ1v) is 7.11. The minimum absolute atomic E-state index is 0.0742. The van der Waals surface area contributed by atoms with Crippen LogP contribution >= 0.6 is 11.3 Å². The van der Waals surface area contributed by atoms with E-state index >= 15 is 0 Å². The van der Waals surface area contributed by atoms with Crippen LogP contribution in [0.4, 0.5) is 11.4 Å². The first kappa shape index (κ1) is 12.3. The van der Waals surface area contributed by atoms with Gasteiger partial charge < -0.3 is 10.6 Å². The number of nitro benzene ring substituents is 1. The fraction of sp³-hybridized carbons (Fsp3) is 0.417. The van der Waals surface area contributed by atoms with Gasteiger partial charge in [-0.3, -0.25) is 10.1 Å². The molecule has 1 aliphatic rings. The lowest BCUT2D eigenvalue weighted by Gasteiger charge is -2.07. The van der Waals surface area contributed by atoms with Crippen LogP contribution in [0.3, 0.4) is 0 Å². The van der Waals surface area contributed by atoms with Crippen molar-refractivity contribution in [3.8, 4) is 0 Å². The summed E-state index contributed by atoms with van der Waals surface area (Å²) in [6.07, 6.45) is 2.48. The number of thiazole rings is 1. The Kier molecular flexibility index (Phi) is 3.31. The van der Waals surface area contributed by atoms with Crippen molar-refractivity contribution in [3.05, 3.63) is 27.8 Å². The van der Waals surface area contributed by atoms with Crippen LogP contribution < -0.4 is 10.6 Å². The summed E-state index contributed by atoms with van der Waals surface area (Å²) in [7, 11) is 0. The number of nitrogens with one attached hydrogen (secondary N) is 2. The minimum Gasteiger partial charge on any atom is -0.378 e. The summed E-state index contributed by atoms with van der Waals surface area (Å²) >= 11 is 1.41. The zero-order valence-corrected chi connectivity index (χ0v) is 11.1. The first-order chi connectivity index (χ1) is 9.25. The molecule has 0 saturated heterocycles. The van der Waals surface area contributed by atoms with Crippen molar-refractivity contribution in [1.29, 1.82) is 0 Å². The summed E-state index contributed by atoms with van der Waals surface area (Å²) in [6, 6.07) is 4.28. The average molecular weight is 278 g/mol. The van der Waals surface area contributed by atoms with Crippen LogP contribution in [0.2, 0.25) is 0 Å². The lowest BCUT2D eigenvalue weighted by atomic mass is 10.2. The van der Waals surface area contributed by atoms with Gasteiger partial charge in [0.05, 0.1) is 15.1 Å². The van der Waals surface area contributed by atoms with E-state index in [1.165, 1.54) is 24.2 Å². The maximum atomic E-state index is 11.2. The molecule has 19 heavy (non-hydrogen) atoms. The zero-order valence-electron chi connectivity index (χ0n) is 10.3. The molecule has 0 bridgehead atoms. The monoisotopic (exact) mass is 278 g/mol. The van der Waals surface area contributed by atoms with E-state index in [9.17, 15) is 10.1 Å². The summed E-state index contributed by atoms with van der Waals surface area (Å²) in [5, 5.41) is 17.7. The molecule has 2 N–H and O–H groups in total. The highest BCUT2D eigenvalue weighted by atomic mass is 32.1. The fourth-order valence-electron chi connectivity index (χ4n) is 2.01. The Bertz CT molecular complexity index is 609. The second-order valence-electron chi connectivity index (χ2n) is 4.57. The number of fused-ring (bicyclic) bond motifs is 1. The summed E-state index contributed by atoms with van der Waals surface area (Å²) in [5.41, 5.74) is 2.72. The van der Waals surface area contributed by atoms with Gasteiger partial charge in [0.15, 0.2) is 5.52 Å². The van der Waals surface area contributed by atoms with Gasteiger partial charge in [-0.05, 0) is 25.0 Å². The maximum Gasteiger partial charge on any atom is 0.319 e. The molecule has 0 radical (unpaired) electrons. The highest BCUT2D eigenvalue weighted by Crippen LogP contribution is 2.34. The molecule has 100 valence electrons. The third-order valence-corrected chi connectivity index (χ3v) is 3.90. The van der Waals surface area contributed by atoms with Crippen molar-refractivity contribution in [3.63, 3.8) is 0 Å². The molecule has 6 nitrogen and oxygen atoms in total. The molecule has 0 amide bonds. The van der Waals surface area contributed by atoms with Crippen molar-refractivity contribution in [2.24, 2.45) is 0 Å². The highest BCUT2D eigenvalue weighted by Gasteiger charge is 2.21. The Morgan fingerprint density at radius 2 is 2.26 bits per heavy atom. The summed E-state index contributed by atoms with van der Waals surface area (Å²) in [6.45, 7) is 1.49. The van der Waals surface area contributed by atoms with Crippen molar-refractivity contribution in [2.45, 2.75) is 18.9 Å². The number of benzene rings is 1. The number of hydrogen-bond donors (Lipinski definition) is 2. The third-order valence-electron chi connectivity index (χ3n) is 3.11. The predicted molar refractivity (Wildman–Crippen MR) is 75.8 cm³/mol. The quantitative estimate of drug-likeness (QED) is 0.482. The van der Waals surface area contributed by atoms with Gasteiger partial charge in [-0.1, -0.05) is 0 Å². The van der Waals surface area contributed by atoms with Crippen LogP contribution in [0.15, 0.2) is 17.6 Å². The van der Waals surface area contributed by atoms with Gasteiger partial charge in [0, 0.05) is 19.1 Å². The Balaban J connectivity index is 1.76. The summed E-state index contributed by atoms with van der Waals surface area (Å²) < 4.78 is 0.841. The molecular weight excluding hydrogens is 264 g/mol. The van der Waals surface area contributed by atoms with E-state index in [-0.39, 0.29) is 10.6 Å². The van der Waals surface area contributed by atoms with Gasteiger partial charge in [-0.15, -0.1) is 11.3 Å². The van der Waals surface area contributed by atoms with Gasteiger partial charge in [-0.2, -0.15) is 0 Å². The molecule has 0 spiro atoms. The first-order valence-electron chi connectivity index (χ1n) is 6.23. The van der Waals surface area contributed by atoms with Gasteiger partial charge in [0.1, 0.15) is 5.69 Å². The minimum atomic E-state index is -0.362. The lowest BCUT2D eigenvalue weighted by Crippen LogP contribution is -2.24. The second kappa shape index (κ2) is 5.10. The van der Waals surface area contributed by atoms with Crippen LogP contribution in [0.25, 0.3) is 10.2 Å². The van der Waals surface area contributed by atoms with E-state index in [0.717, 1.165) is 11.2 Å². The van der Waals surface area contributed by atoms with Gasteiger partial charge >= 0.3 is 5.69 Å². The number of nitrogens with zero attached hydrogens (tertiary/aromatic N) is 2. The molecule has 3 rings (SSSR count). The van der Waals surface area contributed by atoms with E-state index < -0.39 is 0 Å². The Morgan fingerprint density at radius 3 is 3.00 bits per heavy atom. The number of rotatable bonds is 6. The van der Waals surface area contributed by atoms with E-state index in [1.54, 1.807) is 11.6 Å². The topological polar surface area (TPSA) is 80.1 Å². The van der Waals surface area contributed by atoms with E-state index in [0.29, 0.717) is 23.8 Å². The van der Waals surface area contributed by atoms with Gasteiger partial charge in [0.2, 0.25) is 0 Å². The van der Waals surface area contributed by atoms with Crippen LogP contribution in [-0.4, -0.2) is 29.0 Å². The Morgan fingerprint density at radius 1 is 1.42 bits per heavy atom. The van der Waals surface area contributed by atoms with Crippen molar-refractivity contribution < 1.29 is 4.92 Å². The van der Waals surface area contributed by atoms with Gasteiger partial charge in [0.25, 0.3) is 0 Å². The summed E-state index contributed by atoms with van der Waals surface area (Å²) in [5.74, 6) is 0. The molecule has 7 heteroatoms. The van der Waals surface area contributed by atoms with E-state index in [1.807, 2.05) is 6.07 Å². The Hall–Kier alpha value is -1.73. The zero-order chi connectivity index (χ0) is 13.2. The molecule has 1 aromatic carbocycles. The number of anilines is 1. The molecule has 2 aromatic rings. The predicted octanol–water partition coefficient (Wildman–Crippen LogP) is 2.37. The van der Waals surface area contributed by atoms with Crippen LogP contribution in [0.5, 0.6) is 0 Å². The molecule has 1 saturated carbocycles. The smallest absolute Gasteiger partial charge is 0.319 e. The Labute approximate surface area is 114 Å². The molecule has 0 unspecified atom stereocenters.